The summed E-state index contributed by atoms with van der Waals surface area (Å²) in [4.78, 5) is 24.7. The smallest absolute Gasteiger partial charge is 0.261 e. The third kappa shape index (κ3) is 3.40. The zero-order valence-corrected chi connectivity index (χ0v) is 12.4. The van der Waals surface area contributed by atoms with Gasteiger partial charge in [0.05, 0.1) is 29.9 Å². The average molecular weight is 292 g/mol. The summed E-state index contributed by atoms with van der Waals surface area (Å²) in [6.45, 7) is 4.36. The van der Waals surface area contributed by atoms with Crippen molar-refractivity contribution in [3.63, 3.8) is 0 Å². The molecule has 0 aliphatic carbocycles. The Hall–Kier alpha value is -1.92. The van der Waals surface area contributed by atoms with E-state index in [0.29, 0.717) is 23.4 Å². The van der Waals surface area contributed by atoms with E-state index in [1.165, 1.54) is 7.05 Å². The number of ether oxygens (including phenoxy) is 1. The molecule has 2 N–H and O–H groups in total. The molecule has 1 aliphatic heterocycles. The van der Waals surface area contributed by atoms with Crippen molar-refractivity contribution in [3.8, 4) is 0 Å². The molecule has 1 heterocycles. The topological polar surface area (TPSA) is 78.9 Å². The standard InChI is InChI=1S/C15H20N2O4/c1-9(2)21-8-11(18)7-16-10-4-5-12-13(6-10)15(20)17(3)14(12)19/h4-6,9,11,16,18H,7-8H2,1-3H3. The van der Waals surface area contributed by atoms with E-state index in [1.54, 1.807) is 18.2 Å². The van der Waals surface area contributed by atoms with Crippen molar-refractivity contribution in [1.82, 2.24) is 4.90 Å². The van der Waals surface area contributed by atoms with Crippen molar-refractivity contribution in [1.29, 1.82) is 0 Å². The van der Waals surface area contributed by atoms with Crippen LogP contribution in [0.2, 0.25) is 0 Å². The number of aliphatic hydroxyl groups is 1. The predicted molar refractivity (Wildman–Crippen MR) is 78.5 cm³/mol. The van der Waals surface area contributed by atoms with Crippen molar-refractivity contribution in [2.75, 3.05) is 25.5 Å². The molecule has 1 aliphatic rings. The lowest BCUT2D eigenvalue weighted by atomic mass is 10.1. The highest BCUT2D eigenvalue weighted by atomic mass is 16.5. The van der Waals surface area contributed by atoms with Gasteiger partial charge in [0.15, 0.2) is 0 Å². The molecule has 1 atom stereocenters. The summed E-state index contributed by atoms with van der Waals surface area (Å²) >= 11 is 0. The van der Waals surface area contributed by atoms with E-state index >= 15 is 0 Å². The Bertz CT molecular complexity index is 557. The van der Waals surface area contributed by atoms with Crippen LogP contribution in [0.1, 0.15) is 34.6 Å². The Balaban J connectivity index is 1.98. The summed E-state index contributed by atoms with van der Waals surface area (Å²) in [7, 11) is 1.46. The molecular formula is C15H20N2O4. The number of amides is 2. The third-order valence-corrected chi connectivity index (χ3v) is 3.25. The number of hydrogen-bond donors (Lipinski definition) is 2. The molecule has 1 aromatic rings. The lowest BCUT2D eigenvalue weighted by Crippen LogP contribution is -2.26. The number of aliphatic hydroxyl groups excluding tert-OH is 1. The Morgan fingerprint density at radius 2 is 1.90 bits per heavy atom. The van der Waals surface area contributed by atoms with Gasteiger partial charge in [-0.25, -0.2) is 0 Å². The monoisotopic (exact) mass is 292 g/mol. The number of carbonyl (C=O) groups is 2. The minimum atomic E-state index is -0.638. The highest BCUT2D eigenvalue weighted by Crippen LogP contribution is 2.24. The summed E-state index contributed by atoms with van der Waals surface area (Å²) < 4.78 is 5.32. The first kappa shape index (κ1) is 15.5. The fourth-order valence-electron chi connectivity index (χ4n) is 2.07. The van der Waals surface area contributed by atoms with Crippen LogP contribution in [0.3, 0.4) is 0 Å². The summed E-state index contributed by atoms with van der Waals surface area (Å²) in [5, 5.41) is 12.8. The van der Waals surface area contributed by atoms with Crippen molar-refractivity contribution in [2.45, 2.75) is 26.1 Å². The number of benzene rings is 1. The van der Waals surface area contributed by atoms with Crippen LogP contribution in [-0.4, -0.2) is 54.2 Å². The van der Waals surface area contributed by atoms with Gasteiger partial charge in [0, 0.05) is 19.3 Å². The van der Waals surface area contributed by atoms with Gasteiger partial charge in [0.2, 0.25) is 0 Å². The van der Waals surface area contributed by atoms with Crippen LogP contribution in [0.15, 0.2) is 18.2 Å². The van der Waals surface area contributed by atoms with Gasteiger partial charge in [-0.1, -0.05) is 0 Å². The molecule has 114 valence electrons. The van der Waals surface area contributed by atoms with E-state index in [1.807, 2.05) is 13.8 Å². The Kier molecular flexibility index (Phi) is 4.59. The first-order chi connectivity index (χ1) is 9.90. The van der Waals surface area contributed by atoms with Gasteiger partial charge in [-0.3, -0.25) is 14.5 Å². The number of hydrogen-bond acceptors (Lipinski definition) is 5. The van der Waals surface area contributed by atoms with Crippen LogP contribution in [0.5, 0.6) is 0 Å². The molecule has 6 nitrogen and oxygen atoms in total. The minimum Gasteiger partial charge on any atom is -0.389 e. The highest BCUT2D eigenvalue weighted by Gasteiger charge is 2.32. The molecule has 6 heteroatoms. The highest BCUT2D eigenvalue weighted by molar-refractivity contribution is 6.21. The largest absolute Gasteiger partial charge is 0.389 e. The number of rotatable bonds is 6. The predicted octanol–water partition coefficient (Wildman–Crippen LogP) is 1.11. The third-order valence-electron chi connectivity index (χ3n) is 3.25. The van der Waals surface area contributed by atoms with Crippen LogP contribution < -0.4 is 5.32 Å². The summed E-state index contributed by atoms with van der Waals surface area (Å²) in [5.41, 5.74) is 1.49. The van der Waals surface area contributed by atoms with Crippen molar-refractivity contribution >= 4 is 17.5 Å². The fraction of sp³-hybridized carbons (Fsp3) is 0.467. The van der Waals surface area contributed by atoms with Gasteiger partial charge in [-0.05, 0) is 32.0 Å². The summed E-state index contributed by atoms with van der Waals surface area (Å²) in [6, 6.07) is 4.98. The molecular weight excluding hydrogens is 272 g/mol. The van der Waals surface area contributed by atoms with Crippen molar-refractivity contribution < 1.29 is 19.4 Å². The molecule has 0 bridgehead atoms. The van der Waals surface area contributed by atoms with Crippen LogP contribution in [0.25, 0.3) is 0 Å². The molecule has 0 saturated heterocycles. The van der Waals surface area contributed by atoms with Gasteiger partial charge in [0.1, 0.15) is 0 Å². The molecule has 0 spiro atoms. The number of imide groups is 1. The van der Waals surface area contributed by atoms with E-state index in [4.69, 9.17) is 4.74 Å². The van der Waals surface area contributed by atoms with E-state index in [9.17, 15) is 14.7 Å². The lowest BCUT2D eigenvalue weighted by Gasteiger charge is -2.15. The lowest BCUT2D eigenvalue weighted by molar-refractivity contribution is 0.0112. The minimum absolute atomic E-state index is 0.0683. The van der Waals surface area contributed by atoms with E-state index in [2.05, 4.69) is 5.32 Å². The number of nitrogens with zero attached hydrogens (tertiary/aromatic N) is 1. The maximum absolute atomic E-state index is 11.9. The number of carbonyl (C=O) groups excluding carboxylic acids is 2. The molecule has 2 rings (SSSR count). The zero-order chi connectivity index (χ0) is 15.6. The maximum atomic E-state index is 11.9. The van der Waals surface area contributed by atoms with Crippen LogP contribution >= 0.6 is 0 Å². The molecule has 0 radical (unpaired) electrons. The van der Waals surface area contributed by atoms with E-state index in [0.717, 1.165) is 4.90 Å². The average Bonchev–Trinajstić information content (AvgIpc) is 2.67. The van der Waals surface area contributed by atoms with Gasteiger partial charge in [0.25, 0.3) is 11.8 Å². The second-order valence-electron chi connectivity index (χ2n) is 5.35. The fourth-order valence-corrected chi connectivity index (χ4v) is 2.07. The molecule has 1 unspecified atom stereocenters. The molecule has 0 saturated carbocycles. The van der Waals surface area contributed by atoms with Crippen LogP contribution in [0, 0.1) is 0 Å². The number of nitrogens with one attached hydrogen (secondary N) is 1. The van der Waals surface area contributed by atoms with Crippen molar-refractivity contribution in [2.24, 2.45) is 0 Å². The first-order valence-corrected chi connectivity index (χ1v) is 6.90. The quantitative estimate of drug-likeness (QED) is 0.768. The van der Waals surface area contributed by atoms with Crippen molar-refractivity contribution in [3.05, 3.63) is 29.3 Å². The Morgan fingerprint density at radius 1 is 1.24 bits per heavy atom. The first-order valence-electron chi connectivity index (χ1n) is 6.90. The SMILES string of the molecule is CC(C)OCC(O)CNc1ccc2c(c1)C(=O)N(C)C2=O. The maximum Gasteiger partial charge on any atom is 0.261 e. The normalized spacial score (nSPS) is 15.6. The Morgan fingerprint density at radius 3 is 2.57 bits per heavy atom. The second-order valence-corrected chi connectivity index (χ2v) is 5.35. The van der Waals surface area contributed by atoms with E-state index < -0.39 is 6.10 Å². The summed E-state index contributed by atoms with van der Waals surface area (Å²) in [6.07, 6.45) is -0.570. The molecule has 2 amide bonds. The van der Waals surface area contributed by atoms with E-state index in [-0.39, 0.29) is 24.5 Å². The van der Waals surface area contributed by atoms with Gasteiger partial charge < -0.3 is 15.2 Å². The van der Waals surface area contributed by atoms with Crippen LogP contribution in [-0.2, 0) is 4.74 Å². The number of anilines is 1. The zero-order valence-electron chi connectivity index (χ0n) is 12.4. The summed E-state index contributed by atoms with van der Waals surface area (Å²) in [5.74, 6) is -0.589. The molecule has 0 aromatic heterocycles. The van der Waals surface area contributed by atoms with Crippen LogP contribution in [0.4, 0.5) is 5.69 Å². The Labute approximate surface area is 123 Å². The number of fused-ring (bicyclic) bond motifs is 1. The molecule has 21 heavy (non-hydrogen) atoms. The van der Waals surface area contributed by atoms with Gasteiger partial charge in [-0.15, -0.1) is 0 Å². The molecule has 1 aromatic carbocycles. The second kappa shape index (κ2) is 6.24. The van der Waals surface area contributed by atoms with Gasteiger partial charge in [-0.2, -0.15) is 0 Å². The molecule has 0 fully saturated rings. The van der Waals surface area contributed by atoms with Gasteiger partial charge >= 0.3 is 0 Å².